The number of ether oxygens (including phenoxy) is 2. The van der Waals surface area contributed by atoms with Gasteiger partial charge in [-0.15, -0.1) is 0 Å². The van der Waals surface area contributed by atoms with E-state index in [9.17, 15) is 4.79 Å². The van der Waals surface area contributed by atoms with Gasteiger partial charge in [0.05, 0.1) is 19.8 Å². The van der Waals surface area contributed by atoms with Crippen LogP contribution in [0.25, 0.3) is 0 Å². The quantitative estimate of drug-likeness (QED) is 0.566. The van der Waals surface area contributed by atoms with Crippen molar-refractivity contribution >= 4 is 5.97 Å². The molecular formula is C26H45NO3. The lowest BCUT2D eigenvalue weighted by atomic mass is 9.44. The largest absolute Gasteiger partial charge is 0.469 e. The highest BCUT2D eigenvalue weighted by Crippen LogP contribution is 2.68. The molecule has 0 spiro atoms. The van der Waals surface area contributed by atoms with E-state index in [1.165, 1.54) is 71.3 Å². The first kappa shape index (κ1) is 22.6. The van der Waals surface area contributed by atoms with Gasteiger partial charge in [-0.05, 0) is 111 Å². The van der Waals surface area contributed by atoms with E-state index < -0.39 is 0 Å². The second-order valence-corrected chi connectivity index (χ2v) is 11.5. The van der Waals surface area contributed by atoms with E-state index in [4.69, 9.17) is 15.2 Å². The summed E-state index contributed by atoms with van der Waals surface area (Å²) in [6.07, 6.45) is 15.5. The summed E-state index contributed by atoms with van der Waals surface area (Å²) in [7, 11) is 1.51. The summed E-state index contributed by atoms with van der Waals surface area (Å²) in [4.78, 5) is 11.5. The summed E-state index contributed by atoms with van der Waals surface area (Å²) in [5, 5.41) is 0. The zero-order valence-electron chi connectivity index (χ0n) is 19.7. The average molecular weight is 420 g/mol. The van der Waals surface area contributed by atoms with Crippen molar-refractivity contribution < 1.29 is 14.3 Å². The molecule has 4 aliphatic rings. The zero-order valence-corrected chi connectivity index (χ0v) is 19.7. The van der Waals surface area contributed by atoms with Crippen molar-refractivity contribution in [3.05, 3.63) is 0 Å². The number of carbonyl (C=O) groups is 1. The Morgan fingerprint density at radius 2 is 1.77 bits per heavy atom. The van der Waals surface area contributed by atoms with Crippen molar-refractivity contribution in [3.8, 4) is 0 Å². The van der Waals surface area contributed by atoms with E-state index in [0.717, 1.165) is 42.6 Å². The van der Waals surface area contributed by atoms with Gasteiger partial charge >= 0.3 is 5.97 Å². The Morgan fingerprint density at radius 3 is 2.53 bits per heavy atom. The van der Waals surface area contributed by atoms with E-state index in [1.807, 2.05) is 0 Å². The Labute approximate surface area is 184 Å². The molecule has 0 amide bonds. The molecule has 0 aromatic rings. The normalized spacial score (nSPS) is 45.3. The first-order chi connectivity index (χ1) is 14.4. The number of rotatable bonds is 7. The number of methoxy groups -OCH3 is 1. The fourth-order valence-electron chi connectivity index (χ4n) is 8.78. The van der Waals surface area contributed by atoms with Crippen LogP contribution in [0.2, 0.25) is 0 Å². The molecule has 0 aromatic carbocycles. The van der Waals surface area contributed by atoms with Crippen LogP contribution in [0.15, 0.2) is 0 Å². The lowest BCUT2D eigenvalue weighted by molar-refractivity contribution is -0.141. The predicted molar refractivity (Wildman–Crippen MR) is 120 cm³/mol. The topological polar surface area (TPSA) is 61.5 Å². The number of hydrogen-bond donors (Lipinski definition) is 1. The van der Waals surface area contributed by atoms with Gasteiger partial charge in [0.1, 0.15) is 0 Å². The van der Waals surface area contributed by atoms with Gasteiger partial charge in [-0.2, -0.15) is 0 Å². The Balaban J connectivity index is 1.40. The van der Waals surface area contributed by atoms with Gasteiger partial charge in [0, 0.05) is 13.0 Å². The Hall–Kier alpha value is -0.610. The van der Waals surface area contributed by atoms with Crippen molar-refractivity contribution in [1.82, 2.24) is 0 Å². The van der Waals surface area contributed by atoms with Crippen LogP contribution in [0, 0.1) is 40.4 Å². The summed E-state index contributed by atoms with van der Waals surface area (Å²) in [6.45, 7) is 6.61. The van der Waals surface area contributed by atoms with E-state index in [-0.39, 0.29) is 5.97 Å². The molecule has 4 saturated carbocycles. The molecule has 4 nitrogen and oxygen atoms in total. The molecule has 4 heteroatoms. The van der Waals surface area contributed by atoms with Gasteiger partial charge in [0.15, 0.2) is 0 Å². The minimum atomic E-state index is -0.0456. The van der Waals surface area contributed by atoms with Gasteiger partial charge in [-0.25, -0.2) is 0 Å². The van der Waals surface area contributed by atoms with Crippen molar-refractivity contribution in [2.75, 3.05) is 20.3 Å². The Kier molecular flexibility index (Phi) is 6.85. The van der Waals surface area contributed by atoms with Crippen LogP contribution in [0.1, 0.15) is 90.9 Å². The lowest BCUT2D eigenvalue weighted by Crippen LogP contribution is -2.54. The van der Waals surface area contributed by atoms with Gasteiger partial charge in [0.25, 0.3) is 0 Å². The molecule has 0 heterocycles. The highest BCUT2D eigenvalue weighted by molar-refractivity contribution is 5.68. The molecular weight excluding hydrogens is 374 g/mol. The SMILES string of the molecule is COC(=O)CCCC1CCC2C3CCC4CC(OCCN)CCC4(C)C3CCC12C. The second kappa shape index (κ2) is 9.10. The number of hydrogen-bond acceptors (Lipinski definition) is 4. The first-order valence-corrected chi connectivity index (χ1v) is 12.8. The molecule has 4 rings (SSSR count). The molecule has 8 atom stereocenters. The van der Waals surface area contributed by atoms with Crippen LogP contribution in [-0.2, 0) is 14.3 Å². The summed E-state index contributed by atoms with van der Waals surface area (Å²) < 4.78 is 10.9. The monoisotopic (exact) mass is 419 g/mol. The molecule has 0 aliphatic heterocycles. The van der Waals surface area contributed by atoms with Crippen LogP contribution in [0.3, 0.4) is 0 Å². The van der Waals surface area contributed by atoms with Gasteiger partial charge in [-0.1, -0.05) is 13.8 Å². The van der Waals surface area contributed by atoms with E-state index in [0.29, 0.717) is 29.9 Å². The highest BCUT2D eigenvalue weighted by Gasteiger charge is 2.59. The predicted octanol–water partition coefficient (Wildman–Crippen LogP) is 5.33. The number of carbonyl (C=O) groups excluding carboxylic acids is 1. The van der Waals surface area contributed by atoms with E-state index in [2.05, 4.69) is 13.8 Å². The minimum absolute atomic E-state index is 0.0456. The van der Waals surface area contributed by atoms with Gasteiger partial charge < -0.3 is 15.2 Å². The first-order valence-electron chi connectivity index (χ1n) is 12.8. The molecule has 4 fully saturated rings. The highest BCUT2D eigenvalue weighted by atomic mass is 16.5. The molecule has 8 unspecified atom stereocenters. The lowest BCUT2D eigenvalue weighted by Gasteiger charge is -2.61. The minimum Gasteiger partial charge on any atom is -0.469 e. The maximum atomic E-state index is 11.5. The standard InChI is InChI=1S/C26H45NO3/c1-25-14-12-23-21(22(25)10-8-18(25)5-4-6-24(28)29-3)9-7-19-17-20(30-16-15-27)11-13-26(19,23)2/h18-23H,4-17,27H2,1-3H3. The summed E-state index contributed by atoms with van der Waals surface area (Å²) in [5.74, 6) is 4.35. The second-order valence-electron chi connectivity index (χ2n) is 11.5. The van der Waals surface area contributed by atoms with Crippen LogP contribution < -0.4 is 5.73 Å². The zero-order chi connectivity index (χ0) is 21.4. The summed E-state index contributed by atoms with van der Waals surface area (Å²) in [6, 6.07) is 0. The van der Waals surface area contributed by atoms with E-state index in [1.54, 1.807) is 0 Å². The maximum absolute atomic E-state index is 11.5. The fraction of sp³-hybridized carbons (Fsp3) is 0.962. The van der Waals surface area contributed by atoms with Crippen LogP contribution >= 0.6 is 0 Å². The van der Waals surface area contributed by atoms with Crippen molar-refractivity contribution in [3.63, 3.8) is 0 Å². The number of fused-ring (bicyclic) bond motifs is 5. The maximum Gasteiger partial charge on any atom is 0.305 e. The summed E-state index contributed by atoms with van der Waals surface area (Å²) >= 11 is 0. The van der Waals surface area contributed by atoms with Crippen molar-refractivity contribution in [2.24, 2.45) is 46.2 Å². The molecule has 4 aliphatic carbocycles. The third-order valence-corrected chi connectivity index (χ3v) is 10.4. The molecule has 2 N–H and O–H groups in total. The third kappa shape index (κ3) is 3.96. The summed E-state index contributed by atoms with van der Waals surface area (Å²) in [5.41, 5.74) is 6.69. The smallest absolute Gasteiger partial charge is 0.305 e. The van der Waals surface area contributed by atoms with Crippen LogP contribution in [0.5, 0.6) is 0 Å². The number of esters is 1. The molecule has 0 saturated heterocycles. The third-order valence-electron chi connectivity index (χ3n) is 10.4. The Morgan fingerprint density at radius 1 is 1.00 bits per heavy atom. The molecule has 0 radical (unpaired) electrons. The molecule has 30 heavy (non-hydrogen) atoms. The van der Waals surface area contributed by atoms with Crippen LogP contribution in [0.4, 0.5) is 0 Å². The van der Waals surface area contributed by atoms with Crippen molar-refractivity contribution in [1.29, 1.82) is 0 Å². The average Bonchev–Trinajstić information content (AvgIpc) is 3.08. The fourth-order valence-corrected chi connectivity index (χ4v) is 8.78. The van der Waals surface area contributed by atoms with Gasteiger partial charge in [-0.3, -0.25) is 4.79 Å². The molecule has 172 valence electrons. The molecule has 0 aromatic heterocycles. The van der Waals surface area contributed by atoms with Gasteiger partial charge in [0.2, 0.25) is 0 Å². The van der Waals surface area contributed by atoms with E-state index >= 15 is 0 Å². The molecule has 0 bridgehead atoms. The number of nitrogens with two attached hydrogens (primary N) is 1. The Bertz CT molecular complexity index is 609. The van der Waals surface area contributed by atoms with Crippen LogP contribution in [-0.4, -0.2) is 32.3 Å². The van der Waals surface area contributed by atoms with Crippen molar-refractivity contribution in [2.45, 2.75) is 97.0 Å².